The molecule has 102 valence electrons. The summed E-state index contributed by atoms with van der Waals surface area (Å²) in [6.07, 6.45) is 1.36. The summed E-state index contributed by atoms with van der Waals surface area (Å²) in [6.45, 7) is 3.59. The Balaban J connectivity index is 2.30. The number of aryl methyl sites for hydroxylation is 2. The fraction of sp³-hybridized carbons (Fsp3) is 0.231. The van der Waals surface area contributed by atoms with Gasteiger partial charge in [-0.2, -0.15) is 0 Å². The van der Waals surface area contributed by atoms with Gasteiger partial charge in [0.1, 0.15) is 4.90 Å². The molecular weight excluding hydrogens is 264 g/mol. The van der Waals surface area contributed by atoms with Gasteiger partial charge < -0.3 is 10.1 Å². The van der Waals surface area contributed by atoms with Gasteiger partial charge in [-0.25, -0.2) is 8.42 Å². The first kappa shape index (κ1) is 13.6. The molecule has 0 saturated heterocycles. The number of benzene rings is 1. The van der Waals surface area contributed by atoms with Crippen LogP contribution in [0.4, 0.5) is 5.69 Å². The zero-order chi connectivity index (χ0) is 14.0. The first-order chi connectivity index (χ1) is 8.90. The van der Waals surface area contributed by atoms with Crippen molar-refractivity contribution in [3.63, 3.8) is 0 Å². The molecule has 0 saturated carbocycles. The van der Waals surface area contributed by atoms with Crippen molar-refractivity contribution in [2.24, 2.45) is 0 Å². The third-order valence-corrected chi connectivity index (χ3v) is 4.03. The van der Waals surface area contributed by atoms with Gasteiger partial charge in [-0.1, -0.05) is 6.07 Å². The topological polar surface area (TPSA) is 82.2 Å². The van der Waals surface area contributed by atoms with Crippen LogP contribution in [0.1, 0.15) is 16.8 Å². The van der Waals surface area contributed by atoms with E-state index in [4.69, 9.17) is 5.11 Å². The number of aliphatic hydroxyl groups excluding tert-OH is 1. The summed E-state index contributed by atoms with van der Waals surface area (Å²) in [4.78, 5) is 2.81. The van der Waals surface area contributed by atoms with Crippen LogP contribution >= 0.6 is 0 Å². The van der Waals surface area contributed by atoms with E-state index < -0.39 is 10.0 Å². The van der Waals surface area contributed by atoms with Crippen molar-refractivity contribution in [3.05, 3.63) is 47.3 Å². The Morgan fingerprint density at radius 3 is 2.32 bits per heavy atom. The highest BCUT2D eigenvalue weighted by Gasteiger charge is 2.16. The molecule has 0 aliphatic rings. The molecule has 0 bridgehead atoms. The van der Waals surface area contributed by atoms with Crippen molar-refractivity contribution in [2.45, 2.75) is 25.3 Å². The van der Waals surface area contributed by atoms with E-state index in [1.807, 2.05) is 19.9 Å². The van der Waals surface area contributed by atoms with Crippen LogP contribution in [0.15, 0.2) is 35.4 Å². The minimum Gasteiger partial charge on any atom is -0.390 e. The molecule has 1 heterocycles. The van der Waals surface area contributed by atoms with E-state index in [1.165, 1.54) is 12.3 Å². The summed E-state index contributed by atoms with van der Waals surface area (Å²) in [7, 11) is -3.63. The molecule has 6 heteroatoms. The van der Waals surface area contributed by atoms with Crippen LogP contribution in [0.3, 0.4) is 0 Å². The lowest BCUT2D eigenvalue weighted by Gasteiger charge is -2.08. The average molecular weight is 280 g/mol. The number of aromatic amines is 1. The van der Waals surface area contributed by atoms with Gasteiger partial charge in [0.2, 0.25) is 0 Å². The summed E-state index contributed by atoms with van der Waals surface area (Å²) >= 11 is 0. The molecule has 0 spiro atoms. The Morgan fingerprint density at radius 2 is 1.79 bits per heavy atom. The van der Waals surface area contributed by atoms with Crippen molar-refractivity contribution in [2.75, 3.05) is 4.72 Å². The Kier molecular flexibility index (Phi) is 3.64. The smallest absolute Gasteiger partial charge is 0.263 e. The van der Waals surface area contributed by atoms with Crippen LogP contribution in [0, 0.1) is 13.8 Å². The lowest BCUT2D eigenvalue weighted by atomic mass is 10.1. The highest BCUT2D eigenvalue weighted by Crippen LogP contribution is 2.19. The van der Waals surface area contributed by atoms with Crippen molar-refractivity contribution in [1.82, 2.24) is 4.98 Å². The number of rotatable bonds is 4. The number of H-pyrrole nitrogens is 1. The number of hydrogen-bond donors (Lipinski definition) is 3. The second-order valence-corrected chi connectivity index (χ2v) is 6.18. The minimum absolute atomic E-state index is 0.107. The molecule has 19 heavy (non-hydrogen) atoms. The number of sulfonamides is 1. The Bertz CT molecular complexity index is 669. The molecule has 0 fully saturated rings. The highest BCUT2D eigenvalue weighted by atomic mass is 32.2. The first-order valence-electron chi connectivity index (χ1n) is 5.80. The number of aliphatic hydroxyl groups is 1. The fourth-order valence-electron chi connectivity index (χ4n) is 1.91. The number of anilines is 1. The van der Waals surface area contributed by atoms with Crippen LogP contribution in [0.25, 0.3) is 0 Å². The van der Waals surface area contributed by atoms with E-state index in [2.05, 4.69) is 9.71 Å². The predicted molar refractivity (Wildman–Crippen MR) is 73.4 cm³/mol. The molecule has 0 amide bonds. The van der Waals surface area contributed by atoms with Gasteiger partial charge in [0.25, 0.3) is 10.0 Å². The Hall–Kier alpha value is -1.79. The maximum absolute atomic E-state index is 12.1. The van der Waals surface area contributed by atoms with Crippen LogP contribution in [0.5, 0.6) is 0 Å². The van der Waals surface area contributed by atoms with E-state index >= 15 is 0 Å². The molecule has 0 atom stereocenters. The fourth-order valence-corrected chi connectivity index (χ4v) is 2.97. The number of hydrogen-bond acceptors (Lipinski definition) is 3. The van der Waals surface area contributed by atoms with Crippen molar-refractivity contribution >= 4 is 15.7 Å². The molecule has 2 rings (SSSR count). The van der Waals surface area contributed by atoms with E-state index in [-0.39, 0.29) is 11.5 Å². The van der Waals surface area contributed by atoms with E-state index in [0.717, 1.165) is 11.1 Å². The van der Waals surface area contributed by atoms with Crippen LogP contribution in [0.2, 0.25) is 0 Å². The van der Waals surface area contributed by atoms with Gasteiger partial charge in [0.15, 0.2) is 0 Å². The maximum Gasteiger partial charge on any atom is 0.263 e. The van der Waals surface area contributed by atoms with Crippen LogP contribution < -0.4 is 4.72 Å². The molecule has 1 aromatic heterocycles. The van der Waals surface area contributed by atoms with Gasteiger partial charge in [-0.3, -0.25) is 4.72 Å². The van der Waals surface area contributed by atoms with E-state index in [9.17, 15) is 8.42 Å². The Morgan fingerprint density at radius 1 is 1.16 bits per heavy atom. The quantitative estimate of drug-likeness (QED) is 0.800. The van der Waals surface area contributed by atoms with E-state index in [0.29, 0.717) is 11.4 Å². The van der Waals surface area contributed by atoms with E-state index in [1.54, 1.807) is 12.1 Å². The molecule has 3 N–H and O–H groups in total. The summed E-state index contributed by atoms with van der Waals surface area (Å²) in [6, 6.07) is 6.91. The zero-order valence-corrected chi connectivity index (χ0v) is 11.6. The largest absolute Gasteiger partial charge is 0.390 e. The predicted octanol–water partition coefficient (Wildman–Crippen LogP) is 1.92. The molecule has 5 nitrogen and oxygen atoms in total. The normalized spacial score (nSPS) is 11.5. The van der Waals surface area contributed by atoms with Crippen molar-refractivity contribution in [3.8, 4) is 0 Å². The molecule has 2 aromatic rings. The lowest BCUT2D eigenvalue weighted by molar-refractivity contribution is 0.277. The Labute approximate surface area is 112 Å². The van der Waals surface area contributed by atoms with Crippen LogP contribution in [-0.2, 0) is 16.6 Å². The third-order valence-electron chi connectivity index (χ3n) is 2.67. The molecule has 1 aromatic carbocycles. The monoisotopic (exact) mass is 280 g/mol. The third kappa shape index (κ3) is 3.15. The minimum atomic E-state index is -3.63. The maximum atomic E-state index is 12.1. The molecule has 0 unspecified atom stereocenters. The first-order valence-corrected chi connectivity index (χ1v) is 7.28. The molecule has 0 radical (unpaired) electrons. The van der Waals surface area contributed by atoms with Crippen molar-refractivity contribution < 1.29 is 13.5 Å². The van der Waals surface area contributed by atoms with Gasteiger partial charge >= 0.3 is 0 Å². The second-order valence-electron chi connectivity index (χ2n) is 4.50. The molecule has 0 aliphatic carbocycles. The zero-order valence-electron chi connectivity index (χ0n) is 10.8. The van der Waals surface area contributed by atoms with Gasteiger partial charge in [0.05, 0.1) is 6.61 Å². The van der Waals surface area contributed by atoms with Gasteiger partial charge in [-0.15, -0.1) is 0 Å². The van der Waals surface area contributed by atoms with Gasteiger partial charge in [-0.05, 0) is 43.2 Å². The average Bonchev–Trinajstić information content (AvgIpc) is 2.75. The second kappa shape index (κ2) is 5.07. The summed E-state index contributed by atoms with van der Waals surface area (Å²) in [5.74, 6) is 0. The number of aromatic nitrogens is 1. The summed E-state index contributed by atoms with van der Waals surface area (Å²) in [5, 5.41) is 8.93. The van der Waals surface area contributed by atoms with Gasteiger partial charge in [0, 0.05) is 17.6 Å². The summed E-state index contributed by atoms with van der Waals surface area (Å²) < 4.78 is 26.8. The van der Waals surface area contributed by atoms with Crippen molar-refractivity contribution in [1.29, 1.82) is 0 Å². The SMILES string of the molecule is Cc1cc(C)cc(NS(=O)(=O)c2c[nH]c(CO)c2)c1. The standard InChI is InChI=1S/C13H16N2O3S/c1-9-3-10(2)5-11(4-9)15-19(17,18)13-6-12(8-16)14-7-13/h3-7,14-16H,8H2,1-2H3. The highest BCUT2D eigenvalue weighted by molar-refractivity contribution is 7.92. The van der Waals surface area contributed by atoms with Crippen LogP contribution in [-0.4, -0.2) is 18.5 Å². The molecular formula is C13H16N2O3S. The number of nitrogens with one attached hydrogen (secondary N) is 2. The lowest BCUT2D eigenvalue weighted by Crippen LogP contribution is -2.12. The summed E-state index contributed by atoms with van der Waals surface area (Å²) in [5.41, 5.74) is 2.97. The molecule has 0 aliphatic heterocycles.